The summed E-state index contributed by atoms with van der Waals surface area (Å²) in [5.41, 5.74) is 2.37. The lowest BCUT2D eigenvalue weighted by Gasteiger charge is -2.20. The van der Waals surface area contributed by atoms with Gasteiger partial charge in [-0.1, -0.05) is 0 Å². The molecule has 1 aliphatic heterocycles. The van der Waals surface area contributed by atoms with Crippen molar-refractivity contribution in [2.45, 2.75) is 44.2 Å². The van der Waals surface area contributed by atoms with Crippen LogP contribution in [0.5, 0.6) is 5.88 Å². The van der Waals surface area contributed by atoms with E-state index in [1.165, 1.54) is 12.5 Å². The van der Waals surface area contributed by atoms with E-state index < -0.39 is 0 Å². The Balaban J connectivity index is 1.73. The van der Waals surface area contributed by atoms with Crippen LogP contribution in [0.2, 0.25) is 0 Å². The third-order valence-corrected chi connectivity index (χ3v) is 4.79. The van der Waals surface area contributed by atoms with E-state index in [9.17, 15) is 0 Å². The summed E-state index contributed by atoms with van der Waals surface area (Å²) in [6.07, 6.45) is 9.95. The van der Waals surface area contributed by atoms with Crippen LogP contribution < -0.4 is 10.1 Å². The standard InChI is InChI=1S/C18H22N6O2/c1-25-18-14(15(11-5-6-11)21-10-22-18)17-20-9-12(8-19)16(24-17)23-13-4-2-3-7-26-13/h8-11,13,19H,2-7H2,1H3,(H,20,23,24)/p+1. The molecule has 26 heavy (non-hydrogen) atoms. The first-order valence-electron chi connectivity index (χ1n) is 9.03. The number of nitrogens with zero attached hydrogens (tertiary/aromatic N) is 4. The predicted molar refractivity (Wildman–Crippen MR) is 94.6 cm³/mol. The fraction of sp³-hybridized carbons (Fsp3) is 0.500. The molecule has 1 atom stereocenters. The maximum absolute atomic E-state index is 7.66. The zero-order chi connectivity index (χ0) is 17.9. The monoisotopic (exact) mass is 355 g/mol. The van der Waals surface area contributed by atoms with E-state index in [1.54, 1.807) is 13.3 Å². The molecule has 0 aromatic carbocycles. The molecule has 3 N–H and O–H groups in total. The minimum absolute atomic E-state index is 0.0296. The quantitative estimate of drug-likeness (QED) is 0.761. The van der Waals surface area contributed by atoms with Gasteiger partial charge in [-0.25, -0.2) is 15.0 Å². The van der Waals surface area contributed by atoms with Crippen LogP contribution in [0.4, 0.5) is 5.82 Å². The lowest BCUT2D eigenvalue weighted by molar-refractivity contribution is -0.663. The van der Waals surface area contributed by atoms with Crippen molar-refractivity contribution in [3.8, 4) is 17.3 Å². The summed E-state index contributed by atoms with van der Waals surface area (Å²) >= 11 is 0. The summed E-state index contributed by atoms with van der Waals surface area (Å²) in [6, 6.07) is 0. The molecule has 3 heterocycles. The third kappa shape index (κ3) is 3.42. The third-order valence-electron chi connectivity index (χ3n) is 4.79. The van der Waals surface area contributed by atoms with Crippen LogP contribution in [-0.2, 0) is 4.74 Å². The Bertz CT molecular complexity index is 802. The average molecular weight is 355 g/mol. The molecule has 1 saturated carbocycles. The van der Waals surface area contributed by atoms with Gasteiger partial charge in [0, 0.05) is 24.8 Å². The van der Waals surface area contributed by atoms with Crippen molar-refractivity contribution in [2.75, 3.05) is 13.7 Å². The smallest absolute Gasteiger partial charge is 0.238 e. The molecular formula is C18H23N6O2+. The minimum Gasteiger partial charge on any atom is -0.480 e. The van der Waals surface area contributed by atoms with Gasteiger partial charge in [-0.3, -0.25) is 5.32 Å². The zero-order valence-electron chi connectivity index (χ0n) is 14.8. The number of aromatic nitrogens is 4. The van der Waals surface area contributed by atoms with Crippen LogP contribution in [0.3, 0.4) is 0 Å². The van der Waals surface area contributed by atoms with Crippen LogP contribution in [0, 0.1) is 5.41 Å². The molecular weight excluding hydrogens is 332 g/mol. The Hall–Kier alpha value is -2.45. The summed E-state index contributed by atoms with van der Waals surface area (Å²) in [5.74, 6) is 2.16. The first-order valence-corrected chi connectivity index (χ1v) is 9.03. The number of hydrogen-bond donors (Lipinski definition) is 2. The van der Waals surface area contributed by atoms with E-state index in [0.717, 1.165) is 50.0 Å². The Morgan fingerprint density at radius 2 is 2.12 bits per heavy atom. The second-order valence-corrected chi connectivity index (χ2v) is 6.67. The van der Waals surface area contributed by atoms with Gasteiger partial charge < -0.3 is 14.9 Å². The predicted octanol–water partition coefficient (Wildman–Crippen LogP) is 1.54. The van der Waals surface area contributed by atoms with E-state index in [0.29, 0.717) is 29.0 Å². The van der Waals surface area contributed by atoms with Gasteiger partial charge in [0.2, 0.25) is 11.7 Å². The Labute approximate surface area is 151 Å². The molecule has 1 aliphatic carbocycles. The molecule has 2 aromatic rings. The highest BCUT2D eigenvalue weighted by Crippen LogP contribution is 2.44. The van der Waals surface area contributed by atoms with Crippen LogP contribution >= 0.6 is 0 Å². The van der Waals surface area contributed by atoms with Crippen LogP contribution in [0.25, 0.3) is 11.4 Å². The normalized spacial score (nSPS) is 20.0. The molecule has 4 rings (SSSR count). The van der Waals surface area contributed by atoms with Crippen LogP contribution in [-0.4, -0.2) is 46.1 Å². The fourth-order valence-electron chi connectivity index (χ4n) is 3.26. The molecule has 8 heteroatoms. The zero-order valence-corrected chi connectivity index (χ0v) is 14.8. The molecule has 2 aliphatic rings. The van der Waals surface area contributed by atoms with E-state index in [-0.39, 0.29) is 6.23 Å². The van der Waals surface area contributed by atoms with Crippen molar-refractivity contribution in [2.24, 2.45) is 0 Å². The van der Waals surface area contributed by atoms with Crippen molar-refractivity contribution >= 4 is 12.0 Å². The topological polar surface area (TPSA) is 110 Å². The Morgan fingerprint density at radius 1 is 1.23 bits per heavy atom. The second-order valence-electron chi connectivity index (χ2n) is 6.67. The number of rotatable bonds is 6. The highest BCUT2D eigenvalue weighted by atomic mass is 16.5. The van der Waals surface area contributed by atoms with Crippen LogP contribution in [0.1, 0.15) is 49.3 Å². The largest absolute Gasteiger partial charge is 0.480 e. The number of ether oxygens (including phenoxy) is 2. The molecule has 1 saturated heterocycles. The molecule has 0 bridgehead atoms. The van der Waals surface area contributed by atoms with Gasteiger partial charge in [-0.15, -0.1) is 0 Å². The Kier molecular flexibility index (Phi) is 4.85. The first kappa shape index (κ1) is 17.0. The van der Waals surface area contributed by atoms with Crippen LogP contribution in [0.15, 0.2) is 12.5 Å². The van der Waals surface area contributed by atoms with Crippen molar-refractivity contribution in [3.63, 3.8) is 0 Å². The van der Waals surface area contributed by atoms with Crippen molar-refractivity contribution in [1.29, 1.82) is 5.41 Å². The highest BCUT2D eigenvalue weighted by molar-refractivity contribution is 5.82. The maximum atomic E-state index is 7.66. The van der Waals surface area contributed by atoms with Gasteiger partial charge in [0.05, 0.1) is 25.0 Å². The maximum Gasteiger partial charge on any atom is 0.238 e. The van der Waals surface area contributed by atoms with Gasteiger partial charge in [0.15, 0.2) is 12.1 Å². The van der Waals surface area contributed by atoms with Gasteiger partial charge in [-0.2, -0.15) is 4.98 Å². The molecule has 2 fully saturated rings. The van der Waals surface area contributed by atoms with Gasteiger partial charge >= 0.3 is 0 Å². The van der Waals surface area contributed by atoms with Crippen molar-refractivity contribution in [1.82, 2.24) is 19.9 Å². The highest BCUT2D eigenvalue weighted by Gasteiger charge is 2.32. The van der Waals surface area contributed by atoms with E-state index in [2.05, 4.69) is 15.0 Å². The number of methoxy groups -OCH3 is 1. The molecule has 2 aromatic heterocycles. The van der Waals surface area contributed by atoms with Gasteiger partial charge in [0.1, 0.15) is 11.9 Å². The summed E-state index contributed by atoms with van der Waals surface area (Å²) in [5, 5.41) is 9.66. The van der Waals surface area contributed by atoms with Crippen molar-refractivity contribution < 1.29 is 14.8 Å². The molecule has 136 valence electrons. The fourth-order valence-corrected chi connectivity index (χ4v) is 3.26. The summed E-state index contributed by atoms with van der Waals surface area (Å²) in [7, 11) is 1.59. The van der Waals surface area contributed by atoms with E-state index >= 15 is 0 Å². The van der Waals surface area contributed by atoms with E-state index in [4.69, 9.17) is 19.9 Å². The van der Waals surface area contributed by atoms with Gasteiger partial charge in [-0.05, 0) is 25.7 Å². The number of quaternary nitrogens is 1. The average Bonchev–Trinajstić information content (AvgIpc) is 3.53. The van der Waals surface area contributed by atoms with E-state index in [1.807, 2.05) is 5.32 Å². The lowest BCUT2D eigenvalue weighted by atomic mass is 10.1. The second kappa shape index (κ2) is 7.43. The SMILES string of the molecule is COc1ncnc(C2CC2)c1-c1ncc(C=N)c([NH2+]C2CCCCO2)n1. The number of nitrogens with two attached hydrogens (primary N) is 1. The Morgan fingerprint density at radius 3 is 2.81 bits per heavy atom. The summed E-state index contributed by atoms with van der Waals surface area (Å²) in [4.78, 5) is 17.9. The first-order chi connectivity index (χ1) is 12.8. The molecule has 8 nitrogen and oxygen atoms in total. The summed E-state index contributed by atoms with van der Waals surface area (Å²) in [6.45, 7) is 0.769. The molecule has 1 unspecified atom stereocenters. The molecule has 0 spiro atoms. The number of hydrogen-bond acceptors (Lipinski definition) is 7. The van der Waals surface area contributed by atoms with Gasteiger partial charge in [0.25, 0.3) is 0 Å². The number of nitrogens with one attached hydrogen (secondary N) is 1. The lowest BCUT2D eigenvalue weighted by Crippen LogP contribution is -2.86. The van der Waals surface area contributed by atoms with Crippen molar-refractivity contribution in [3.05, 3.63) is 23.8 Å². The summed E-state index contributed by atoms with van der Waals surface area (Å²) < 4.78 is 11.3. The minimum atomic E-state index is 0.0296. The molecule has 0 radical (unpaired) electrons. The molecule has 0 amide bonds.